The van der Waals surface area contributed by atoms with Gasteiger partial charge < -0.3 is 5.32 Å². The molecule has 0 aromatic heterocycles. The molecule has 1 rings (SSSR count). The maximum Gasteiger partial charge on any atom is 0.276 e. The number of carbonyl (C=O) groups is 2. The molecule has 0 atom stereocenters. The molecule has 6 heteroatoms. The number of hydrogen-bond donors (Lipinski definition) is 1. The fraction of sp³-hybridized carbons (Fsp3) is 0.143. The van der Waals surface area contributed by atoms with Gasteiger partial charge in [-0.3, -0.25) is 19.7 Å². The number of para-hydroxylation sites is 1. The quantitative estimate of drug-likeness (QED) is 0.218. The molecular weight excluding hydrogens is 260 g/mol. The van der Waals surface area contributed by atoms with E-state index in [4.69, 9.17) is 6.42 Å². The number of nitrogens with one attached hydrogen (secondary N) is 1. The molecular formula is C14H12N2O4. The van der Waals surface area contributed by atoms with E-state index in [-0.39, 0.29) is 23.4 Å². The lowest BCUT2D eigenvalue weighted by molar-refractivity contribution is -0.385. The maximum absolute atomic E-state index is 11.8. The van der Waals surface area contributed by atoms with Crippen molar-refractivity contribution in [2.45, 2.75) is 6.92 Å². The van der Waals surface area contributed by atoms with Gasteiger partial charge in [0, 0.05) is 6.07 Å². The molecule has 0 bridgehead atoms. The molecule has 6 nitrogen and oxygen atoms in total. The average molecular weight is 272 g/mol. The lowest BCUT2D eigenvalue weighted by Crippen LogP contribution is -2.27. The Labute approximate surface area is 115 Å². The second kappa shape index (κ2) is 6.85. The number of carbonyl (C=O) groups excluding carboxylic acids is 2. The van der Waals surface area contributed by atoms with Crippen LogP contribution in [-0.2, 0) is 9.59 Å². The van der Waals surface area contributed by atoms with Crippen LogP contribution in [0, 0.1) is 22.5 Å². The van der Waals surface area contributed by atoms with Gasteiger partial charge in [0.1, 0.15) is 0 Å². The molecule has 1 N–H and O–H groups in total. The Morgan fingerprint density at radius 1 is 1.45 bits per heavy atom. The molecule has 20 heavy (non-hydrogen) atoms. The number of rotatable bonds is 5. The SMILES string of the molecule is C#CCNC(=O)/C(=C/c1ccccc1[N+](=O)[O-])C(C)=O. The molecule has 0 fully saturated rings. The highest BCUT2D eigenvalue weighted by molar-refractivity contribution is 6.21. The largest absolute Gasteiger partial charge is 0.341 e. The summed E-state index contributed by atoms with van der Waals surface area (Å²) in [6.45, 7) is 1.18. The Morgan fingerprint density at radius 3 is 2.65 bits per heavy atom. The fourth-order valence-electron chi connectivity index (χ4n) is 1.48. The summed E-state index contributed by atoms with van der Waals surface area (Å²) in [5.74, 6) is 1.05. The highest BCUT2D eigenvalue weighted by atomic mass is 16.6. The number of benzene rings is 1. The summed E-state index contributed by atoms with van der Waals surface area (Å²) in [6.07, 6.45) is 6.20. The molecule has 1 amide bonds. The Bertz CT molecular complexity index is 626. The van der Waals surface area contributed by atoms with Gasteiger partial charge >= 0.3 is 0 Å². The number of hydrogen-bond acceptors (Lipinski definition) is 4. The van der Waals surface area contributed by atoms with Gasteiger partial charge in [-0.2, -0.15) is 0 Å². The van der Waals surface area contributed by atoms with Crippen molar-refractivity contribution in [3.05, 3.63) is 45.5 Å². The normalized spacial score (nSPS) is 10.5. The van der Waals surface area contributed by atoms with Gasteiger partial charge in [-0.15, -0.1) is 6.42 Å². The van der Waals surface area contributed by atoms with Gasteiger partial charge in [0.05, 0.1) is 22.6 Å². The molecule has 0 heterocycles. The number of nitro benzene ring substituents is 1. The van der Waals surface area contributed by atoms with E-state index < -0.39 is 16.6 Å². The van der Waals surface area contributed by atoms with Gasteiger partial charge in [0.15, 0.2) is 5.78 Å². The Balaban J connectivity index is 3.22. The third-order valence-corrected chi connectivity index (χ3v) is 2.41. The van der Waals surface area contributed by atoms with E-state index in [2.05, 4.69) is 11.2 Å². The molecule has 0 spiro atoms. The van der Waals surface area contributed by atoms with Crippen molar-refractivity contribution < 1.29 is 14.5 Å². The van der Waals surface area contributed by atoms with Crippen molar-refractivity contribution in [1.29, 1.82) is 0 Å². The van der Waals surface area contributed by atoms with Crippen molar-refractivity contribution in [2.24, 2.45) is 0 Å². The van der Waals surface area contributed by atoms with E-state index in [1.165, 1.54) is 31.2 Å². The predicted octanol–water partition coefficient (Wildman–Crippen LogP) is 1.32. The van der Waals surface area contributed by atoms with Crippen LogP contribution in [0.3, 0.4) is 0 Å². The summed E-state index contributed by atoms with van der Waals surface area (Å²) in [5.41, 5.74) is -0.191. The molecule has 0 aliphatic carbocycles. The summed E-state index contributed by atoms with van der Waals surface area (Å²) in [5, 5.41) is 13.2. The van der Waals surface area contributed by atoms with E-state index in [0.717, 1.165) is 0 Å². The van der Waals surface area contributed by atoms with Crippen molar-refractivity contribution in [3.8, 4) is 12.3 Å². The third kappa shape index (κ3) is 3.78. The highest BCUT2D eigenvalue weighted by Gasteiger charge is 2.17. The molecule has 0 saturated carbocycles. The second-order valence-electron chi connectivity index (χ2n) is 3.82. The van der Waals surface area contributed by atoms with E-state index in [1.54, 1.807) is 6.07 Å². The molecule has 0 unspecified atom stereocenters. The maximum atomic E-state index is 11.8. The third-order valence-electron chi connectivity index (χ3n) is 2.41. The van der Waals surface area contributed by atoms with Crippen LogP contribution < -0.4 is 5.32 Å². The van der Waals surface area contributed by atoms with E-state index >= 15 is 0 Å². The van der Waals surface area contributed by atoms with Crippen LogP contribution in [0.4, 0.5) is 5.69 Å². The summed E-state index contributed by atoms with van der Waals surface area (Å²) < 4.78 is 0. The summed E-state index contributed by atoms with van der Waals surface area (Å²) in [7, 11) is 0. The Morgan fingerprint density at radius 2 is 2.10 bits per heavy atom. The molecule has 0 radical (unpaired) electrons. The van der Waals surface area contributed by atoms with Crippen LogP contribution in [0.15, 0.2) is 29.8 Å². The summed E-state index contributed by atoms with van der Waals surface area (Å²) in [6, 6.07) is 5.83. The molecule has 0 aliphatic rings. The van der Waals surface area contributed by atoms with E-state index in [0.29, 0.717) is 0 Å². The first-order valence-corrected chi connectivity index (χ1v) is 5.65. The minimum absolute atomic E-state index is 0.0274. The number of nitro groups is 1. The standard InChI is InChI=1S/C14H12N2O4/c1-3-8-15-14(18)12(10(2)17)9-11-6-4-5-7-13(11)16(19)20/h1,4-7,9H,8H2,2H3,(H,15,18)/b12-9+. The molecule has 0 saturated heterocycles. The first kappa shape index (κ1) is 15.1. The fourth-order valence-corrected chi connectivity index (χ4v) is 1.48. The number of nitrogens with zero attached hydrogens (tertiary/aromatic N) is 1. The predicted molar refractivity (Wildman–Crippen MR) is 73.6 cm³/mol. The minimum Gasteiger partial charge on any atom is -0.341 e. The van der Waals surface area contributed by atoms with Gasteiger partial charge in [0.2, 0.25) is 0 Å². The molecule has 1 aromatic carbocycles. The zero-order valence-corrected chi connectivity index (χ0v) is 10.8. The van der Waals surface area contributed by atoms with Gasteiger partial charge in [-0.1, -0.05) is 18.1 Å². The summed E-state index contributed by atoms with van der Waals surface area (Å²) in [4.78, 5) is 33.5. The van der Waals surface area contributed by atoms with Crippen molar-refractivity contribution in [1.82, 2.24) is 5.32 Å². The summed E-state index contributed by atoms with van der Waals surface area (Å²) >= 11 is 0. The molecule has 1 aromatic rings. The monoisotopic (exact) mass is 272 g/mol. The van der Waals surface area contributed by atoms with Crippen LogP contribution in [0.25, 0.3) is 6.08 Å². The van der Waals surface area contributed by atoms with Crippen LogP contribution >= 0.6 is 0 Å². The number of ketones is 1. The van der Waals surface area contributed by atoms with Gasteiger partial charge in [-0.05, 0) is 19.1 Å². The first-order valence-electron chi connectivity index (χ1n) is 5.65. The number of terminal acetylenes is 1. The van der Waals surface area contributed by atoms with Gasteiger partial charge in [-0.25, -0.2) is 0 Å². The zero-order valence-electron chi connectivity index (χ0n) is 10.8. The lowest BCUT2D eigenvalue weighted by Gasteiger charge is -2.04. The van der Waals surface area contributed by atoms with Crippen molar-refractivity contribution in [2.75, 3.05) is 6.54 Å². The van der Waals surface area contributed by atoms with E-state index in [9.17, 15) is 19.7 Å². The highest BCUT2D eigenvalue weighted by Crippen LogP contribution is 2.20. The molecule has 102 valence electrons. The average Bonchev–Trinajstić information content (AvgIpc) is 2.42. The number of Topliss-reactive ketones (excluding diaryl/α,β-unsaturated/α-hetero) is 1. The number of amides is 1. The van der Waals surface area contributed by atoms with Crippen LogP contribution in [0.1, 0.15) is 12.5 Å². The zero-order chi connectivity index (χ0) is 15.1. The topological polar surface area (TPSA) is 89.3 Å². The van der Waals surface area contributed by atoms with Crippen LogP contribution in [0.5, 0.6) is 0 Å². The smallest absolute Gasteiger partial charge is 0.276 e. The van der Waals surface area contributed by atoms with Crippen LogP contribution in [-0.4, -0.2) is 23.2 Å². The molecule has 0 aliphatic heterocycles. The van der Waals surface area contributed by atoms with Crippen molar-refractivity contribution in [3.63, 3.8) is 0 Å². The Kier molecular flexibility index (Phi) is 5.18. The van der Waals surface area contributed by atoms with Gasteiger partial charge in [0.25, 0.3) is 11.6 Å². The second-order valence-corrected chi connectivity index (χ2v) is 3.82. The first-order chi connectivity index (χ1) is 9.47. The van der Waals surface area contributed by atoms with Crippen LogP contribution in [0.2, 0.25) is 0 Å². The lowest BCUT2D eigenvalue weighted by atomic mass is 10.1. The van der Waals surface area contributed by atoms with E-state index in [1.807, 2.05) is 0 Å². The Hall–Kier alpha value is -2.94. The van der Waals surface area contributed by atoms with Crippen molar-refractivity contribution >= 4 is 23.5 Å². The minimum atomic E-state index is -0.659.